The first-order chi connectivity index (χ1) is 5.54. The first-order valence-electron chi connectivity index (χ1n) is 4.21. The van der Waals surface area contributed by atoms with E-state index in [-0.39, 0.29) is 5.25 Å². The van der Waals surface area contributed by atoms with E-state index in [0.29, 0.717) is 11.0 Å². The molecule has 0 aliphatic heterocycles. The Morgan fingerprint density at radius 1 is 1.33 bits per heavy atom. The van der Waals surface area contributed by atoms with E-state index < -0.39 is 11.2 Å². The Morgan fingerprint density at radius 2 is 1.92 bits per heavy atom. The zero-order valence-corrected chi connectivity index (χ0v) is 9.87. The average Bonchev–Trinajstić information content (AvgIpc) is 1.97. The van der Waals surface area contributed by atoms with Crippen LogP contribution in [0.2, 0.25) is 0 Å². The SMILES string of the molecule is CC(C)S/C=C\C[S+]([O-])C(C)C. The second-order valence-electron chi connectivity index (χ2n) is 3.15. The Labute approximate surface area is 83.2 Å². The van der Waals surface area contributed by atoms with Crippen LogP contribution < -0.4 is 0 Å². The topological polar surface area (TPSA) is 23.1 Å². The highest BCUT2D eigenvalue weighted by Crippen LogP contribution is 2.10. The lowest BCUT2D eigenvalue weighted by Crippen LogP contribution is -2.16. The van der Waals surface area contributed by atoms with E-state index in [1.54, 1.807) is 11.8 Å². The van der Waals surface area contributed by atoms with Crippen LogP contribution in [0.15, 0.2) is 11.5 Å². The highest BCUT2D eigenvalue weighted by molar-refractivity contribution is 8.02. The first-order valence-corrected chi connectivity index (χ1v) is 6.54. The van der Waals surface area contributed by atoms with Gasteiger partial charge in [-0.3, -0.25) is 0 Å². The Kier molecular flexibility index (Phi) is 7.10. The van der Waals surface area contributed by atoms with Crippen LogP contribution in [0.5, 0.6) is 0 Å². The Bertz CT molecular complexity index is 132. The summed E-state index contributed by atoms with van der Waals surface area (Å²) >= 11 is 1.08. The largest absolute Gasteiger partial charge is 0.616 e. The molecule has 0 bridgehead atoms. The molecular formula is C9H18OS2. The summed E-state index contributed by atoms with van der Waals surface area (Å²) in [4.78, 5) is 0. The van der Waals surface area contributed by atoms with Gasteiger partial charge in [0.05, 0.1) is 0 Å². The highest BCUT2D eigenvalue weighted by atomic mass is 32.2. The zero-order valence-electron chi connectivity index (χ0n) is 8.24. The van der Waals surface area contributed by atoms with Gasteiger partial charge in [-0.2, -0.15) is 0 Å². The van der Waals surface area contributed by atoms with E-state index in [1.807, 2.05) is 25.3 Å². The molecule has 12 heavy (non-hydrogen) atoms. The predicted molar refractivity (Wildman–Crippen MR) is 60.0 cm³/mol. The maximum absolute atomic E-state index is 11.2. The lowest BCUT2D eigenvalue weighted by Gasteiger charge is -2.11. The predicted octanol–water partition coefficient (Wildman–Crippen LogP) is 2.80. The molecule has 0 aromatic rings. The molecule has 0 aliphatic carbocycles. The molecule has 0 aromatic carbocycles. The summed E-state index contributed by atoms with van der Waals surface area (Å²) in [6.45, 7) is 8.27. The van der Waals surface area contributed by atoms with Crippen LogP contribution in [0.25, 0.3) is 0 Å². The lowest BCUT2D eigenvalue weighted by molar-refractivity contribution is 0.589. The fourth-order valence-electron chi connectivity index (χ4n) is 0.539. The minimum absolute atomic E-state index is 0.277. The van der Waals surface area contributed by atoms with Crippen molar-refractivity contribution in [2.75, 3.05) is 5.75 Å². The van der Waals surface area contributed by atoms with Gasteiger partial charge in [-0.05, 0) is 36.5 Å². The van der Waals surface area contributed by atoms with Crippen LogP contribution in [0.1, 0.15) is 27.7 Å². The molecule has 0 fully saturated rings. The molecule has 0 aliphatic rings. The van der Waals surface area contributed by atoms with Crippen molar-refractivity contribution in [1.29, 1.82) is 0 Å². The van der Waals surface area contributed by atoms with E-state index in [1.165, 1.54) is 0 Å². The monoisotopic (exact) mass is 206 g/mol. The van der Waals surface area contributed by atoms with E-state index >= 15 is 0 Å². The van der Waals surface area contributed by atoms with Gasteiger partial charge in [-0.15, -0.1) is 11.8 Å². The van der Waals surface area contributed by atoms with Crippen molar-refractivity contribution in [1.82, 2.24) is 0 Å². The van der Waals surface area contributed by atoms with Gasteiger partial charge in [-0.1, -0.05) is 13.8 Å². The molecule has 0 radical (unpaired) electrons. The van der Waals surface area contributed by atoms with E-state index in [0.717, 1.165) is 0 Å². The first kappa shape index (κ1) is 12.4. The van der Waals surface area contributed by atoms with Crippen molar-refractivity contribution < 1.29 is 4.55 Å². The average molecular weight is 206 g/mol. The molecule has 0 amide bonds. The molecule has 1 nitrogen and oxygen atoms in total. The third-order valence-electron chi connectivity index (χ3n) is 1.23. The standard InChI is InChI=1S/C9H18OS2/c1-8(2)11-6-5-7-12(10)9(3)4/h5-6,8-9H,7H2,1-4H3/b6-5-. The van der Waals surface area contributed by atoms with Crippen LogP contribution in [0.3, 0.4) is 0 Å². The Hall–Kier alpha value is 0.400. The molecule has 3 heteroatoms. The quantitative estimate of drug-likeness (QED) is 0.646. The molecule has 0 heterocycles. The maximum Gasteiger partial charge on any atom is 0.124 e. The minimum atomic E-state index is -0.687. The van der Waals surface area contributed by atoms with E-state index in [2.05, 4.69) is 13.8 Å². The molecule has 0 saturated carbocycles. The summed E-state index contributed by atoms with van der Waals surface area (Å²) < 4.78 is 11.2. The van der Waals surface area contributed by atoms with Gasteiger partial charge < -0.3 is 4.55 Å². The van der Waals surface area contributed by atoms with E-state index in [4.69, 9.17) is 0 Å². The maximum atomic E-state index is 11.2. The smallest absolute Gasteiger partial charge is 0.124 e. The van der Waals surface area contributed by atoms with Gasteiger partial charge in [0.25, 0.3) is 0 Å². The number of thioether (sulfide) groups is 1. The Balaban J connectivity index is 3.46. The van der Waals surface area contributed by atoms with Gasteiger partial charge in [0.2, 0.25) is 0 Å². The molecule has 1 atom stereocenters. The van der Waals surface area contributed by atoms with Crippen LogP contribution in [-0.4, -0.2) is 20.8 Å². The molecule has 0 saturated heterocycles. The summed E-state index contributed by atoms with van der Waals surface area (Å²) in [6, 6.07) is 0. The summed E-state index contributed by atoms with van der Waals surface area (Å²) in [6.07, 6.45) is 2.00. The van der Waals surface area contributed by atoms with Crippen LogP contribution in [0, 0.1) is 0 Å². The normalized spacial score (nSPS) is 14.9. The molecule has 0 rings (SSSR count). The van der Waals surface area contributed by atoms with E-state index in [9.17, 15) is 4.55 Å². The van der Waals surface area contributed by atoms with Crippen LogP contribution >= 0.6 is 11.8 Å². The summed E-state index contributed by atoms with van der Waals surface area (Å²) in [5.41, 5.74) is 0. The molecule has 72 valence electrons. The minimum Gasteiger partial charge on any atom is -0.616 e. The van der Waals surface area contributed by atoms with Crippen LogP contribution in [0.4, 0.5) is 0 Å². The van der Waals surface area contributed by atoms with Gasteiger partial charge in [0.1, 0.15) is 11.0 Å². The molecule has 0 N–H and O–H groups in total. The van der Waals surface area contributed by atoms with Gasteiger partial charge >= 0.3 is 0 Å². The van der Waals surface area contributed by atoms with Gasteiger partial charge in [0, 0.05) is 5.25 Å². The fourth-order valence-corrected chi connectivity index (χ4v) is 1.85. The number of hydrogen-bond acceptors (Lipinski definition) is 2. The number of rotatable bonds is 5. The van der Waals surface area contributed by atoms with Crippen molar-refractivity contribution >= 4 is 22.9 Å². The summed E-state index contributed by atoms with van der Waals surface area (Å²) in [5.74, 6) is 0.692. The number of hydrogen-bond donors (Lipinski definition) is 0. The second kappa shape index (κ2) is 6.87. The molecule has 0 spiro atoms. The Morgan fingerprint density at radius 3 is 2.33 bits per heavy atom. The lowest BCUT2D eigenvalue weighted by atomic mass is 10.6. The molecule has 1 unspecified atom stereocenters. The molecular weight excluding hydrogens is 188 g/mol. The van der Waals surface area contributed by atoms with Crippen molar-refractivity contribution in [2.45, 2.75) is 38.2 Å². The van der Waals surface area contributed by atoms with Crippen molar-refractivity contribution in [2.24, 2.45) is 0 Å². The van der Waals surface area contributed by atoms with Crippen LogP contribution in [-0.2, 0) is 11.2 Å². The van der Waals surface area contributed by atoms with Crippen molar-refractivity contribution in [3.05, 3.63) is 11.5 Å². The third-order valence-corrected chi connectivity index (χ3v) is 3.70. The van der Waals surface area contributed by atoms with Gasteiger partial charge in [-0.25, -0.2) is 0 Å². The fraction of sp³-hybridized carbons (Fsp3) is 0.778. The van der Waals surface area contributed by atoms with Crippen molar-refractivity contribution in [3.63, 3.8) is 0 Å². The van der Waals surface area contributed by atoms with Crippen molar-refractivity contribution in [3.8, 4) is 0 Å². The highest BCUT2D eigenvalue weighted by Gasteiger charge is 2.07. The molecule has 0 aromatic heterocycles. The summed E-state index contributed by atoms with van der Waals surface area (Å²) in [5, 5.41) is 2.94. The summed E-state index contributed by atoms with van der Waals surface area (Å²) in [7, 11) is 0. The van der Waals surface area contributed by atoms with Gasteiger partial charge in [0.15, 0.2) is 0 Å². The second-order valence-corrected chi connectivity index (χ2v) is 6.68. The third kappa shape index (κ3) is 7.07. The zero-order chi connectivity index (χ0) is 9.56.